The molecule has 1 unspecified atom stereocenters. The minimum atomic E-state index is -4.06. The molecular formula is C36H50FN5O9S. The summed E-state index contributed by atoms with van der Waals surface area (Å²) in [6, 6.07) is 1.25. The van der Waals surface area contributed by atoms with Gasteiger partial charge in [0.25, 0.3) is 5.91 Å². The van der Waals surface area contributed by atoms with Crippen molar-refractivity contribution >= 4 is 45.6 Å². The van der Waals surface area contributed by atoms with Crippen molar-refractivity contribution in [2.75, 3.05) is 11.4 Å². The number of benzene rings is 1. The van der Waals surface area contributed by atoms with Gasteiger partial charge in [0.1, 0.15) is 29.0 Å². The molecule has 4 N–H and O–H groups in total. The molecule has 2 aliphatic heterocycles. The summed E-state index contributed by atoms with van der Waals surface area (Å²) in [5, 5.41) is 15.8. The molecule has 7 atom stereocenters. The fraction of sp³-hybridized carbons (Fsp3) is 0.639. The van der Waals surface area contributed by atoms with Gasteiger partial charge in [0.2, 0.25) is 21.8 Å². The van der Waals surface area contributed by atoms with Gasteiger partial charge >= 0.3 is 12.2 Å². The number of nitrogens with zero attached hydrogens (tertiary/aromatic N) is 2. The Hall–Kier alpha value is -4.21. The smallest absolute Gasteiger partial charge is 0.412 e. The summed E-state index contributed by atoms with van der Waals surface area (Å²) in [7, 11) is -4.06. The second kappa shape index (κ2) is 14.3. The van der Waals surface area contributed by atoms with Gasteiger partial charge in [0, 0.05) is 18.2 Å². The van der Waals surface area contributed by atoms with Gasteiger partial charge in [-0.25, -0.2) is 22.4 Å². The summed E-state index contributed by atoms with van der Waals surface area (Å²) in [5.74, 6) is -3.80. The van der Waals surface area contributed by atoms with Crippen molar-refractivity contribution in [3.63, 3.8) is 0 Å². The number of ether oxygens (including phenoxy) is 1. The van der Waals surface area contributed by atoms with E-state index >= 15 is 0 Å². The van der Waals surface area contributed by atoms with Gasteiger partial charge in [-0.15, -0.1) is 0 Å². The number of hydrogen-bond donors (Lipinski definition) is 4. The van der Waals surface area contributed by atoms with Crippen molar-refractivity contribution < 1.29 is 46.6 Å². The van der Waals surface area contributed by atoms with E-state index in [0.29, 0.717) is 32.1 Å². The number of fused-ring (bicyclic) bond motifs is 2. The van der Waals surface area contributed by atoms with E-state index in [1.54, 1.807) is 33.8 Å². The molecule has 4 aliphatic rings. The molecule has 5 amide bonds. The van der Waals surface area contributed by atoms with Crippen molar-refractivity contribution in [3.05, 3.63) is 42.2 Å². The molecule has 1 aromatic carbocycles. The number of allylic oxidation sites excluding steroid dienone is 1. The van der Waals surface area contributed by atoms with Gasteiger partial charge in [0.05, 0.1) is 10.8 Å². The maximum Gasteiger partial charge on any atom is 0.412 e. The normalized spacial score (nSPS) is 31.0. The first kappa shape index (κ1) is 39.0. The number of amides is 5. The molecule has 0 radical (unpaired) electrons. The zero-order valence-corrected chi connectivity index (χ0v) is 31.3. The quantitative estimate of drug-likeness (QED) is 0.311. The number of anilines is 1. The van der Waals surface area contributed by atoms with Gasteiger partial charge in [-0.05, 0) is 109 Å². The lowest BCUT2D eigenvalue weighted by atomic mass is 9.88. The summed E-state index contributed by atoms with van der Waals surface area (Å²) in [6.07, 6.45) is 3.98. The average molecular weight is 748 g/mol. The van der Waals surface area contributed by atoms with Crippen LogP contribution in [0.1, 0.15) is 86.5 Å². The van der Waals surface area contributed by atoms with E-state index in [0.717, 1.165) is 17.0 Å². The van der Waals surface area contributed by atoms with Gasteiger partial charge in [0.15, 0.2) is 0 Å². The van der Waals surface area contributed by atoms with Gasteiger partial charge in [-0.1, -0.05) is 26.0 Å². The number of halogens is 1. The Morgan fingerprint density at radius 1 is 1.10 bits per heavy atom. The second-order valence-electron chi connectivity index (χ2n) is 16.1. The number of carbonyl (C=O) groups is 5. The first-order valence-electron chi connectivity index (χ1n) is 17.8. The summed E-state index contributed by atoms with van der Waals surface area (Å²) in [4.78, 5) is 70.8. The van der Waals surface area contributed by atoms with E-state index in [-0.39, 0.29) is 31.0 Å². The van der Waals surface area contributed by atoms with Crippen LogP contribution in [0.4, 0.5) is 19.7 Å². The van der Waals surface area contributed by atoms with Crippen molar-refractivity contribution in [3.8, 4) is 0 Å². The third-order valence-corrected chi connectivity index (χ3v) is 12.8. The van der Waals surface area contributed by atoms with Crippen molar-refractivity contribution in [1.29, 1.82) is 0 Å². The Morgan fingerprint density at radius 3 is 2.35 bits per heavy atom. The van der Waals surface area contributed by atoms with Crippen molar-refractivity contribution in [2.45, 2.75) is 121 Å². The molecule has 2 saturated carbocycles. The van der Waals surface area contributed by atoms with E-state index < -0.39 is 91.6 Å². The van der Waals surface area contributed by atoms with E-state index in [1.165, 1.54) is 17.0 Å². The number of carbonyl (C=O) groups excluding carboxylic acids is 4. The molecule has 1 aromatic rings. The molecule has 52 heavy (non-hydrogen) atoms. The maximum atomic E-state index is 14.6. The minimum absolute atomic E-state index is 0.0834. The highest BCUT2D eigenvalue weighted by Gasteiger charge is 2.63. The molecule has 5 rings (SSSR count). The molecule has 14 nitrogen and oxygen atoms in total. The Morgan fingerprint density at radius 2 is 1.75 bits per heavy atom. The Labute approximate surface area is 303 Å². The summed E-state index contributed by atoms with van der Waals surface area (Å²) in [5.41, 5.74) is -2.40. The first-order valence-corrected chi connectivity index (χ1v) is 19.3. The number of carboxylic acid groups (broad SMARTS) is 1. The summed E-state index contributed by atoms with van der Waals surface area (Å²) >= 11 is 0. The molecule has 0 spiro atoms. The Bertz CT molecular complexity index is 1730. The first-order chi connectivity index (χ1) is 24.2. The van der Waals surface area contributed by atoms with Crippen LogP contribution in [0.5, 0.6) is 0 Å². The standard InChI is InChI=1S/C36H50FN5O9S/c1-21-9-7-8-10-23-19-36(23,31(45)40-52(49,50)35(6)15-16-35)39-29(43)27-18-26(42(33(47)48)25-13-11-24(37)12-14-25)20-41(27)30(44)28(22(2)17-21)38-32(46)51-34(3,4)5/h8,10-14,21-23,26-28H,7,9,15-20H2,1-6H3,(H,38,46)(H,39,43)(H,40,45)(H,47,48)/b10-8-/t21?,22-,23-,26-,27+,28+,36-/m1/s1. The molecule has 2 heterocycles. The van der Waals surface area contributed by atoms with E-state index in [1.807, 2.05) is 19.9 Å². The van der Waals surface area contributed by atoms with Gasteiger partial charge in [-0.2, -0.15) is 0 Å². The molecule has 16 heteroatoms. The lowest BCUT2D eigenvalue weighted by Crippen LogP contribution is -2.59. The second-order valence-corrected chi connectivity index (χ2v) is 18.3. The molecule has 0 bridgehead atoms. The molecule has 0 aromatic heterocycles. The largest absolute Gasteiger partial charge is 0.465 e. The van der Waals surface area contributed by atoms with Crippen LogP contribution in [0, 0.1) is 23.6 Å². The van der Waals surface area contributed by atoms with Crippen LogP contribution in [0.3, 0.4) is 0 Å². The number of nitrogens with one attached hydrogen (secondary N) is 3. The number of sulfonamides is 1. The van der Waals surface area contributed by atoms with Crippen LogP contribution >= 0.6 is 0 Å². The zero-order valence-electron chi connectivity index (χ0n) is 30.5. The van der Waals surface area contributed by atoms with E-state index in [4.69, 9.17) is 4.74 Å². The van der Waals surface area contributed by atoms with Crippen LogP contribution < -0.4 is 20.3 Å². The summed E-state index contributed by atoms with van der Waals surface area (Å²) < 4.78 is 46.6. The third-order valence-electron chi connectivity index (χ3n) is 10.6. The topological polar surface area (TPSA) is 192 Å². The van der Waals surface area contributed by atoms with Crippen molar-refractivity contribution in [2.24, 2.45) is 17.8 Å². The predicted molar refractivity (Wildman–Crippen MR) is 189 cm³/mol. The van der Waals surface area contributed by atoms with Crippen LogP contribution in [0.15, 0.2) is 36.4 Å². The molecule has 1 saturated heterocycles. The molecule has 286 valence electrons. The van der Waals surface area contributed by atoms with E-state index in [2.05, 4.69) is 15.4 Å². The zero-order chi connectivity index (χ0) is 38.4. The molecule has 2 aliphatic carbocycles. The highest BCUT2D eigenvalue weighted by Crippen LogP contribution is 2.47. The Balaban J connectivity index is 1.54. The Kier molecular flexibility index (Phi) is 10.7. The monoisotopic (exact) mass is 747 g/mol. The maximum absolute atomic E-state index is 14.6. The third kappa shape index (κ3) is 8.37. The van der Waals surface area contributed by atoms with Crippen LogP contribution in [-0.2, 0) is 29.1 Å². The van der Waals surface area contributed by atoms with Crippen LogP contribution in [0.2, 0.25) is 0 Å². The van der Waals surface area contributed by atoms with E-state index in [9.17, 15) is 41.9 Å². The lowest BCUT2D eigenvalue weighted by Gasteiger charge is -2.33. The highest BCUT2D eigenvalue weighted by atomic mass is 32.2. The number of hydrogen-bond acceptors (Lipinski definition) is 8. The SMILES string of the molecule is CC1CC/C=C\[C@@H]2C[C@@]2(C(=O)NS(=O)(=O)C2(C)CC2)NC(=O)[C@@H]2C[C@@H](N(C(=O)O)c3ccc(F)cc3)CN2C(=O)[C@@H](NC(=O)OC(C)(C)C)[C@H](C)C1. The number of alkyl carbamates (subject to hydrolysis) is 1. The highest BCUT2D eigenvalue weighted by molar-refractivity contribution is 7.91. The van der Waals surface area contributed by atoms with Crippen molar-refractivity contribution in [1.82, 2.24) is 20.3 Å². The minimum Gasteiger partial charge on any atom is -0.465 e. The van der Waals surface area contributed by atoms with Crippen LogP contribution in [-0.4, -0.2) is 88.9 Å². The molecule has 3 fully saturated rings. The van der Waals surface area contributed by atoms with Gasteiger partial charge in [-0.3, -0.25) is 24.0 Å². The average Bonchev–Trinajstić information content (AvgIpc) is 3.91. The fourth-order valence-electron chi connectivity index (χ4n) is 7.23. The number of rotatable bonds is 6. The van der Waals surface area contributed by atoms with Crippen LogP contribution in [0.25, 0.3) is 0 Å². The fourth-order valence-corrected chi connectivity index (χ4v) is 8.54. The summed E-state index contributed by atoms with van der Waals surface area (Å²) in [6.45, 7) is 10.1. The predicted octanol–water partition coefficient (Wildman–Crippen LogP) is 4.06. The van der Waals surface area contributed by atoms with Gasteiger partial charge < -0.3 is 25.4 Å². The molecular weight excluding hydrogens is 697 g/mol. The lowest BCUT2D eigenvalue weighted by molar-refractivity contribution is -0.142.